The van der Waals surface area contributed by atoms with Gasteiger partial charge in [-0.1, -0.05) is 18.2 Å². The van der Waals surface area contributed by atoms with Crippen LogP contribution in [0.4, 0.5) is 13.2 Å². The van der Waals surface area contributed by atoms with Crippen LogP contribution in [-0.2, 0) is 19.0 Å². The van der Waals surface area contributed by atoms with E-state index < -0.39 is 45.7 Å². The molecule has 4 atom stereocenters. The number of ether oxygens (including phenoxy) is 1. The highest BCUT2D eigenvalue weighted by atomic mass is 35.5. The lowest BCUT2D eigenvalue weighted by atomic mass is 9.61. The Bertz CT molecular complexity index is 850. The Morgan fingerprint density at radius 1 is 1.44 bits per heavy atom. The minimum atomic E-state index is -4.83. The highest BCUT2D eigenvalue weighted by molar-refractivity contribution is 7.85. The van der Waals surface area contributed by atoms with E-state index in [-0.39, 0.29) is 17.2 Å². The number of methoxy groups -OCH3 is 1. The zero-order valence-corrected chi connectivity index (χ0v) is 16.0. The van der Waals surface area contributed by atoms with Crippen molar-refractivity contribution in [2.45, 2.75) is 24.0 Å². The Labute approximate surface area is 159 Å². The number of halogens is 4. The molecule has 3 rings (SSSR count). The summed E-state index contributed by atoms with van der Waals surface area (Å²) in [5.74, 6) is -1.17. The van der Waals surface area contributed by atoms with Gasteiger partial charge in [-0.25, -0.2) is 4.99 Å². The number of piperidine rings is 1. The van der Waals surface area contributed by atoms with Gasteiger partial charge in [0.05, 0.1) is 25.3 Å². The molecular weight excluding hydrogens is 409 g/mol. The Kier molecular flexibility index (Phi) is 5.11. The molecule has 4 unspecified atom stereocenters. The fraction of sp³-hybridized carbons (Fsp3) is 0.562. The molecule has 0 amide bonds. The number of fused-ring (bicyclic) bond motifs is 2. The lowest BCUT2D eigenvalue weighted by molar-refractivity contribution is -0.234. The molecule has 0 bridgehead atoms. The van der Waals surface area contributed by atoms with Gasteiger partial charge in [0.1, 0.15) is 11.5 Å². The molecule has 0 aromatic rings. The molecule has 1 aliphatic carbocycles. The predicted molar refractivity (Wildman–Crippen MR) is 93.7 cm³/mol. The summed E-state index contributed by atoms with van der Waals surface area (Å²) in [6.07, 6.45) is 1.60. The summed E-state index contributed by atoms with van der Waals surface area (Å²) in [5, 5.41) is 2.38. The lowest BCUT2D eigenvalue weighted by Crippen LogP contribution is -2.63. The molecule has 27 heavy (non-hydrogen) atoms. The maximum Gasteiger partial charge on any atom is 0.401 e. The van der Waals surface area contributed by atoms with Crippen molar-refractivity contribution in [3.8, 4) is 0 Å². The number of aliphatic imine (C=N–C) groups is 1. The van der Waals surface area contributed by atoms with Gasteiger partial charge in [-0.3, -0.25) is 4.18 Å². The topological polar surface area (TPSA) is 77.0 Å². The first-order valence-corrected chi connectivity index (χ1v) is 10.3. The van der Waals surface area contributed by atoms with E-state index in [4.69, 9.17) is 20.5 Å². The number of alkyl halides is 4. The minimum absolute atomic E-state index is 0.0726. The zero-order chi connectivity index (χ0) is 20.0. The van der Waals surface area contributed by atoms with E-state index in [9.17, 15) is 21.6 Å². The summed E-state index contributed by atoms with van der Waals surface area (Å²) in [6.45, 7) is -1.10. The highest BCUT2D eigenvalue weighted by Gasteiger charge is 2.67. The second kappa shape index (κ2) is 6.82. The first-order valence-electron chi connectivity index (χ1n) is 8.02. The average molecular weight is 427 g/mol. The summed E-state index contributed by atoms with van der Waals surface area (Å²) < 4.78 is 76.5. The van der Waals surface area contributed by atoms with Crippen LogP contribution in [0, 0.1) is 11.3 Å². The number of nitrogens with zero attached hydrogens (tertiary/aromatic N) is 1. The van der Waals surface area contributed by atoms with Crippen molar-refractivity contribution in [1.82, 2.24) is 5.32 Å². The maximum atomic E-state index is 14.5. The van der Waals surface area contributed by atoms with Gasteiger partial charge in [0, 0.05) is 17.8 Å². The van der Waals surface area contributed by atoms with Gasteiger partial charge in [-0.15, -0.1) is 11.6 Å². The molecule has 2 aliphatic heterocycles. The number of allylic oxidation sites excluding steroid dienone is 3. The Hall–Kier alpha value is -1.52. The Morgan fingerprint density at radius 2 is 2.15 bits per heavy atom. The van der Waals surface area contributed by atoms with Crippen LogP contribution in [0.25, 0.3) is 0 Å². The molecule has 2 heterocycles. The van der Waals surface area contributed by atoms with Crippen molar-refractivity contribution in [3.05, 3.63) is 35.7 Å². The quantitative estimate of drug-likeness (QED) is 0.554. The molecule has 11 heteroatoms. The number of hydrogen-bond donors (Lipinski definition) is 1. The maximum absolute atomic E-state index is 14.5. The van der Waals surface area contributed by atoms with Crippen molar-refractivity contribution in [1.29, 1.82) is 0 Å². The standard InChI is InChI=1S/C16H18ClF3N2O4S/c1-25-14-13-10(5-6-21-14)15(16(18,19)20,8-26-27(2,23)24)11-7-9(17)3-4-12(11)22-13/h4-7,9-10,13,22H,3,8H2,1-2H3. The molecule has 1 N–H and O–H groups in total. The Balaban J connectivity index is 2.22. The number of rotatable bonds is 3. The fourth-order valence-electron chi connectivity index (χ4n) is 3.68. The van der Waals surface area contributed by atoms with Crippen LogP contribution in [0.1, 0.15) is 6.42 Å². The molecule has 1 fully saturated rings. The van der Waals surface area contributed by atoms with E-state index >= 15 is 0 Å². The predicted octanol–water partition coefficient (Wildman–Crippen LogP) is 2.49. The summed E-state index contributed by atoms with van der Waals surface area (Å²) in [6, 6.07) is -0.930. The van der Waals surface area contributed by atoms with Gasteiger partial charge in [0.25, 0.3) is 10.1 Å². The van der Waals surface area contributed by atoms with Gasteiger partial charge in [-0.05, 0) is 12.0 Å². The second-order valence-corrected chi connectivity index (χ2v) is 8.75. The third-order valence-corrected chi connectivity index (χ3v) is 5.73. The molecule has 0 spiro atoms. The van der Waals surface area contributed by atoms with Gasteiger partial charge >= 0.3 is 6.18 Å². The van der Waals surface area contributed by atoms with E-state index in [1.54, 1.807) is 6.08 Å². The fourth-order valence-corrected chi connectivity index (χ4v) is 4.30. The van der Waals surface area contributed by atoms with E-state index in [0.29, 0.717) is 12.7 Å². The van der Waals surface area contributed by atoms with Gasteiger partial charge in [-0.2, -0.15) is 21.6 Å². The number of hydrogen-bond acceptors (Lipinski definition) is 6. The first-order chi connectivity index (χ1) is 12.5. The van der Waals surface area contributed by atoms with E-state index in [2.05, 4.69) is 10.3 Å². The summed E-state index contributed by atoms with van der Waals surface area (Å²) >= 11 is 6.09. The van der Waals surface area contributed by atoms with Gasteiger partial charge < -0.3 is 10.1 Å². The lowest BCUT2D eigenvalue weighted by Gasteiger charge is -2.51. The van der Waals surface area contributed by atoms with Crippen LogP contribution in [0.5, 0.6) is 0 Å². The van der Waals surface area contributed by atoms with E-state index in [1.807, 2.05) is 0 Å². The largest absolute Gasteiger partial charge is 0.483 e. The van der Waals surface area contributed by atoms with E-state index in [0.717, 1.165) is 0 Å². The van der Waals surface area contributed by atoms with Crippen molar-refractivity contribution in [3.63, 3.8) is 0 Å². The molecule has 3 aliphatic rings. The van der Waals surface area contributed by atoms with Crippen LogP contribution in [-0.4, -0.2) is 51.9 Å². The second-order valence-electron chi connectivity index (χ2n) is 6.55. The third-order valence-electron chi connectivity index (χ3n) is 4.88. The molecule has 0 saturated carbocycles. The molecule has 6 nitrogen and oxygen atoms in total. The monoisotopic (exact) mass is 426 g/mol. The summed E-state index contributed by atoms with van der Waals surface area (Å²) in [4.78, 5) is 3.99. The first kappa shape index (κ1) is 20.2. The van der Waals surface area contributed by atoms with Crippen LogP contribution in [0.3, 0.4) is 0 Å². The highest BCUT2D eigenvalue weighted by Crippen LogP contribution is 2.57. The summed E-state index contributed by atoms with van der Waals surface area (Å²) in [5.41, 5.74) is -2.54. The molecule has 0 radical (unpaired) electrons. The van der Waals surface area contributed by atoms with Gasteiger partial charge in [0.15, 0.2) is 0 Å². The molecule has 0 aromatic heterocycles. The van der Waals surface area contributed by atoms with Crippen molar-refractivity contribution in [2.75, 3.05) is 20.0 Å². The zero-order valence-electron chi connectivity index (χ0n) is 14.5. The van der Waals surface area contributed by atoms with Crippen LogP contribution in [0.2, 0.25) is 0 Å². The molecule has 1 saturated heterocycles. The van der Waals surface area contributed by atoms with Gasteiger partial charge in [0.2, 0.25) is 5.90 Å². The smallest absolute Gasteiger partial charge is 0.401 e. The van der Waals surface area contributed by atoms with Crippen molar-refractivity contribution < 1.29 is 30.5 Å². The van der Waals surface area contributed by atoms with Crippen LogP contribution < -0.4 is 5.32 Å². The Morgan fingerprint density at radius 3 is 2.74 bits per heavy atom. The van der Waals surface area contributed by atoms with Crippen LogP contribution in [0.15, 0.2) is 40.7 Å². The minimum Gasteiger partial charge on any atom is -0.483 e. The van der Waals surface area contributed by atoms with E-state index in [1.165, 1.54) is 25.5 Å². The van der Waals surface area contributed by atoms with Crippen molar-refractivity contribution >= 4 is 27.6 Å². The normalized spacial score (nSPS) is 33.1. The molecule has 150 valence electrons. The number of nitrogens with one attached hydrogen (secondary N) is 1. The SMILES string of the molecule is COC1=NC=CC2C1NC1=CCC(Cl)C=C1C2(COS(C)(=O)=O)C(F)(F)F. The molecule has 0 aromatic carbocycles. The molecular formula is C16H18ClF3N2O4S. The third kappa shape index (κ3) is 3.50. The van der Waals surface area contributed by atoms with Crippen molar-refractivity contribution in [2.24, 2.45) is 16.3 Å². The van der Waals surface area contributed by atoms with Crippen LogP contribution >= 0.6 is 11.6 Å². The average Bonchev–Trinajstić information content (AvgIpc) is 2.56. The summed E-state index contributed by atoms with van der Waals surface area (Å²) in [7, 11) is -2.80.